The molecule has 0 aliphatic carbocycles. The fraction of sp³-hybridized carbons (Fsp3) is 0.0833. The van der Waals surface area contributed by atoms with Crippen LogP contribution in [0, 0.1) is 6.92 Å². The van der Waals surface area contributed by atoms with Gasteiger partial charge in [0.25, 0.3) is 0 Å². The molecule has 0 amide bonds. The first-order chi connectivity index (χ1) is 13.3. The van der Waals surface area contributed by atoms with Gasteiger partial charge in [-0.05, 0) is 47.9 Å². The zero-order valence-electron chi connectivity index (χ0n) is 15.1. The maximum absolute atomic E-state index is 4.78. The smallest absolute Gasteiger partial charge is 0.136 e. The number of fused-ring (bicyclic) bond motifs is 2. The molecule has 0 bridgehead atoms. The third kappa shape index (κ3) is 2.97. The van der Waals surface area contributed by atoms with Gasteiger partial charge in [-0.3, -0.25) is 4.98 Å². The molecule has 0 fully saturated rings. The van der Waals surface area contributed by atoms with Gasteiger partial charge in [-0.25, -0.2) is 4.98 Å². The minimum Gasteiger partial charge on any atom is -0.307 e. The van der Waals surface area contributed by atoms with Crippen molar-refractivity contribution in [3.8, 4) is 11.1 Å². The van der Waals surface area contributed by atoms with Crippen LogP contribution in [-0.4, -0.2) is 14.4 Å². The van der Waals surface area contributed by atoms with E-state index in [9.17, 15) is 0 Å². The van der Waals surface area contributed by atoms with Crippen molar-refractivity contribution in [3.05, 3.63) is 102 Å². The summed E-state index contributed by atoms with van der Waals surface area (Å²) >= 11 is 0. The van der Waals surface area contributed by atoms with Crippen LogP contribution >= 0.6 is 0 Å². The van der Waals surface area contributed by atoms with Gasteiger partial charge in [0, 0.05) is 29.9 Å². The molecule has 0 atom stereocenters. The van der Waals surface area contributed by atoms with E-state index in [1.807, 2.05) is 30.5 Å². The molecule has 130 valence electrons. The topological polar surface area (TPSA) is 30.2 Å². The number of rotatable bonds is 3. The molecule has 0 aliphatic rings. The summed E-state index contributed by atoms with van der Waals surface area (Å²) in [5, 5.41) is 1.19. The highest BCUT2D eigenvalue weighted by atomic mass is 15.0. The molecule has 5 aromatic rings. The molecule has 0 radical (unpaired) electrons. The van der Waals surface area contributed by atoms with Gasteiger partial charge >= 0.3 is 0 Å². The van der Waals surface area contributed by atoms with E-state index < -0.39 is 0 Å². The lowest BCUT2D eigenvalue weighted by Gasteiger charge is -2.09. The molecule has 0 unspecified atom stereocenters. The summed E-state index contributed by atoms with van der Waals surface area (Å²) in [7, 11) is 0. The van der Waals surface area contributed by atoms with E-state index in [0.29, 0.717) is 0 Å². The van der Waals surface area contributed by atoms with E-state index in [-0.39, 0.29) is 0 Å². The van der Waals surface area contributed by atoms with Crippen molar-refractivity contribution in [2.75, 3.05) is 0 Å². The van der Waals surface area contributed by atoms with Gasteiger partial charge in [-0.15, -0.1) is 0 Å². The second-order valence-electron chi connectivity index (χ2n) is 6.90. The zero-order valence-corrected chi connectivity index (χ0v) is 15.1. The van der Waals surface area contributed by atoms with Crippen molar-refractivity contribution in [2.45, 2.75) is 13.3 Å². The van der Waals surface area contributed by atoms with Crippen molar-refractivity contribution in [1.29, 1.82) is 0 Å². The predicted octanol–water partition coefficient (Wildman–Crippen LogP) is 5.45. The lowest BCUT2D eigenvalue weighted by molar-refractivity contribution is 1.11. The van der Waals surface area contributed by atoms with E-state index in [2.05, 4.69) is 66.1 Å². The van der Waals surface area contributed by atoms with Crippen LogP contribution in [0.15, 0.2) is 85.2 Å². The van der Waals surface area contributed by atoms with E-state index in [0.717, 1.165) is 29.0 Å². The summed E-state index contributed by atoms with van der Waals surface area (Å²) in [5.41, 5.74) is 7.80. The lowest BCUT2D eigenvalue weighted by atomic mass is 9.98. The number of benzene rings is 2. The molecule has 2 aromatic carbocycles. The summed E-state index contributed by atoms with van der Waals surface area (Å²) in [6, 6.07) is 25.3. The lowest BCUT2D eigenvalue weighted by Crippen LogP contribution is -1.92. The molecule has 5 rings (SSSR count). The van der Waals surface area contributed by atoms with Crippen LogP contribution in [0.4, 0.5) is 0 Å². The second-order valence-corrected chi connectivity index (χ2v) is 6.90. The van der Waals surface area contributed by atoms with Crippen LogP contribution in [0.5, 0.6) is 0 Å². The fourth-order valence-corrected chi connectivity index (χ4v) is 3.65. The Labute approximate surface area is 158 Å². The van der Waals surface area contributed by atoms with Crippen molar-refractivity contribution in [3.63, 3.8) is 0 Å². The fourth-order valence-electron chi connectivity index (χ4n) is 3.65. The summed E-state index contributed by atoms with van der Waals surface area (Å²) in [6.45, 7) is 2.06. The first-order valence-electron chi connectivity index (χ1n) is 9.14. The van der Waals surface area contributed by atoms with Crippen molar-refractivity contribution >= 4 is 16.6 Å². The number of aryl methyl sites for hydroxylation is 1. The third-order valence-corrected chi connectivity index (χ3v) is 4.89. The molecule has 0 saturated heterocycles. The molecule has 0 spiro atoms. The van der Waals surface area contributed by atoms with Gasteiger partial charge in [-0.1, -0.05) is 48.5 Å². The molecule has 3 heteroatoms. The van der Waals surface area contributed by atoms with Crippen LogP contribution in [0.2, 0.25) is 0 Å². The SMILES string of the molecule is Cc1cc(-c2ccccc2)c2ccc(Cc3cn4ccccc4n3)cc2n1. The van der Waals surface area contributed by atoms with E-state index in [1.165, 1.54) is 22.1 Å². The molecule has 3 aromatic heterocycles. The monoisotopic (exact) mass is 349 g/mol. The average molecular weight is 349 g/mol. The molecule has 3 nitrogen and oxygen atoms in total. The number of hydrogen-bond donors (Lipinski definition) is 0. The highest BCUT2D eigenvalue weighted by Gasteiger charge is 2.09. The number of nitrogens with zero attached hydrogens (tertiary/aromatic N) is 3. The van der Waals surface area contributed by atoms with Gasteiger partial charge in [0.2, 0.25) is 0 Å². The Hall–Kier alpha value is -3.46. The molecule has 0 N–H and O–H groups in total. The molecule has 0 saturated carbocycles. The van der Waals surface area contributed by atoms with Gasteiger partial charge in [-0.2, -0.15) is 0 Å². The van der Waals surface area contributed by atoms with E-state index in [4.69, 9.17) is 9.97 Å². The first kappa shape index (κ1) is 15.8. The standard InChI is InChI=1S/C24H19N3/c1-17-13-22(19-7-3-2-4-8-19)21-11-10-18(15-23(21)25-17)14-20-16-27-12-6-5-9-24(27)26-20/h2-13,15-16H,14H2,1H3. The summed E-state index contributed by atoms with van der Waals surface area (Å²) in [4.78, 5) is 9.49. The second kappa shape index (κ2) is 6.36. The van der Waals surface area contributed by atoms with E-state index >= 15 is 0 Å². The number of hydrogen-bond acceptors (Lipinski definition) is 2. The highest BCUT2D eigenvalue weighted by Crippen LogP contribution is 2.29. The van der Waals surface area contributed by atoms with Crippen molar-refractivity contribution in [2.24, 2.45) is 0 Å². The predicted molar refractivity (Wildman–Crippen MR) is 110 cm³/mol. The van der Waals surface area contributed by atoms with Gasteiger partial charge in [0.05, 0.1) is 11.2 Å². The maximum Gasteiger partial charge on any atom is 0.136 e. The Bertz CT molecular complexity index is 1220. The molecular weight excluding hydrogens is 330 g/mol. The highest BCUT2D eigenvalue weighted by molar-refractivity contribution is 5.95. The van der Waals surface area contributed by atoms with Crippen LogP contribution in [0.3, 0.4) is 0 Å². The van der Waals surface area contributed by atoms with E-state index in [1.54, 1.807) is 0 Å². The zero-order chi connectivity index (χ0) is 18.2. The largest absolute Gasteiger partial charge is 0.307 e. The Morgan fingerprint density at radius 3 is 2.56 bits per heavy atom. The Kier molecular flexibility index (Phi) is 3.72. The van der Waals surface area contributed by atoms with Gasteiger partial charge in [0.1, 0.15) is 5.65 Å². The minimum atomic E-state index is 0.800. The number of aromatic nitrogens is 3. The quantitative estimate of drug-likeness (QED) is 0.434. The Balaban J connectivity index is 1.57. The maximum atomic E-state index is 4.78. The molecule has 0 aliphatic heterocycles. The minimum absolute atomic E-state index is 0.800. The first-order valence-corrected chi connectivity index (χ1v) is 9.14. The van der Waals surface area contributed by atoms with Gasteiger partial charge < -0.3 is 4.40 Å². The van der Waals surface area contributed by atoms with Crippen molar-refractivity contribution < 1.29 is 0 Å². The van der Waals surface area contributed by atoms with Crippen LogP contribution in [0.1, 0.15) is 17.0 Å². The summed E-state index contributed by atoms with van der Waals surface area (Å²) in [6.07, 6.45) is 4.93. The average Bonchev–Trinajstić information content (AvgIpc) is 3.10. The van der Waals surface area contributed by atoms with Gasteiger partial charge in [0.15, 0.2) is 0 Å². The van der Waals surface area contributed by atoms with Crippen LogP contribution in [-0.2, 0) is 6.42 Å². The molecule has 27 heavy (non-hydrogen) atoms. The molecule has 3 heterocycles. The molecular formula is C24H19N3. The van der Waals surface area contributed by atoms with Crippen LogP contribution in [0.25, 0.3) is 27.7 Å². The van der Waals surface area contributed by atoms with Crippen LogP contribution < -0.4 is 0 Å². The summed E-state index contributed by atoms with van der Waals surface area (Å²) < 4.78 is 2.06. The Morgan fingerprint density at radius 1 is 0.852 bits per heavy atom. The Morgan fingerprint density at radius 2 is 1.70 bits per heavy atom. The normalized spacial score (nSPS) is 11.3. The number of imidazole rings is 1. The van der Waals surface area contributed by atoms with Crippen molar-refractivity contribution in [1.82, 2.24) is 14.4 Å². The summed E-state index contributed by atoms with van der Waals surface area (Å²) in [5.74, 6) is 0. The number of pyridine rings is 2. The third-order valence-electron chi connectivity index (χ3n) is 4.89.